The summed E-state index contributed by atoms with van der Waals surface area (Å²) in [7, 11) is -5.55. The zero-order chi connectivity index (χ0) is 14.5. The molecule has 0 aromatic heterocycles. The minimum absolute atomic E-state index is 0.0181. The second-order valence-corrected chi connectivity index (χ2v) is 7.20. The predicted octanol–water partition coefficient (Wildman–Crippen LogP) is 3.58. The molecule has 19 heavy (non-hydrogen) atoms. The van der Waals surface area contributed by atoms with Gasteiger partial charge in [0.25, 0.3) is 0 Å². The maximum absolute atomic E-state index is 12.4. The van der Waals surface area contributed by atoms with Crippen molar-refractivity contribution in [1.29, 1.82) is 0 Å². The van der Waals surface area contributed by atoms with Crippen LogP contribution in [-0.2, 0) is 14.3 Å². The van der Waals surface area contributed by atoms with Crippen LogP contribution in [0, 0.1) is 17.3 Å². The third-order valence-electron chi connectivity index (χ3n) is 4.67. The van der Waals surface area contributed by atoms with Gasteiger partial charge in [-0.05, 0) is 43.1 Å². The average Bonchev–Trinajstić information content (AvgIpc) is 2.54. The van der Waals surface area contributed by atoms with Gasteiger partial charge in [0.1, 0.15) is 5.76 Å². The van der Waals surface area contributed by atoms with Crippen LogP contribution < -0.4 is 0 Å². The van der Waals surface area contributed by atoms with E-state index < -0.39 is 15.6 Å². The van der Waals surface area contributed by atoms with Crippen LogP contribution in [0.15, 0.2) is 11.8 Å². The lowest BCUT2D eigenvalue weighted by Gasteiger charge is -2.39. The fourth-order valence-electron chi connectivity index (χ4n) is 3.24. The van der Waals surface area contributed by atoms with E-state index in [1.165, 1.54) is 6.08 Å². The number of allylic oxidation sites excluding steroid dienone is 2. The molecule has 0 radical (unpaired) electrons. The predicted molar refractivity (Wildman–Crippen MR) is 63.4 cm³/mol. The highest BCUT2D eigenvalue weighted by molar-refractivity contribution is 7.87. The normalized spacial score (nSPS) is 35.7. The van der Waals surface area contributed by atoms with E-state index in [-0.39, 0.29) is 17.1 Å². The molecule has 3 unspecified atom stereocenters. The third-order valence-corrected chi connectivity index (χ3v) is 5.65. The molecule has 0 aromatic carbocycles. The Balaban J connectivity index is 2.26. The molecule has 0 spiro atoms. The van der Waals surface area contributed by atoms with E-state index >= 15 is 0 Å². The highest BCUT2D eigenvalue weighted by atomic mass is 32.2. The number of alkyl halides is 3. The van der Waals surface area contributed by atoms with Crippen molar-refractivity contribution in [2.24, 2.45) is 17.3 Å². The van der Waals surface area contributed by atoms with Crippen molar-refractivity contribution in [1.82, 2.24) is 0 Å². The third kappa shape index (κ3) is 2.37. The molecule has 2 aliphatic carbocycles. The fraction of sp³-hybridized carbons (Fsp3) is 0.833. The summed E-state index contributed by atoms with van der Waals surface area (Å²) in [6.45, 7) is 4.06. The van der Waals surface area contributed by atoms with Crippen LogP contribution >= 0.6 is 0 Å². The SMILES string of the molecule is CC1CCC2C(OS(=O)(=O)C(F)(F)F)=CCCC12C. The molecule has 0 bridgehead atoms. The second kappa shape index (κ2) is 4.40. The van der Waals surface area contributed by atoms with E-state index in [0.717, 1.165) is 12.8 Å². The van der Waals surface area contributed by atoms with Gasteiger partial charge >= 0.3 is 15.6 Å². The summed E-state index contributed by atoms with van der Waals surface area (Å²) in [5, 5.41) is 0. The zero-order valence-electron chi connectivity index (χ0n) is 10.8. The van der Waals surface area contributed by atoms with E-state index in [9.17, 15) is 21.6 Å². The standard InChI is InChI=1S/C12H17F3O3S/c1-8-5-6-9-10(4-3-7-11(8,9)2)18-19(16,17)12(13,14)15/h4,8-9H,3,5-7H2,1-2H3. The largest absolute Gasteiger partial charge is 0.534 e. The van der Waals surface area contributed by atoms with Crippen molar-refractivity contribution in [3.63, 3.8) is 0 Å². The molecule has 0 N–H and O–H groups in total. The average molecular weight is 298 g/mol. The number of rotatable bonds is 2. The Morgan fingerprint density at radius 2 is 2.00 bits per heavy atom. The zero-order valence-corrected chi connectivity index (χ0v) is 11.6. The summed E-state index contributed by atoms with van der Waals surface area (Å²) in [4.78, 5) is 0. The Bertz CT molecular complexity index is 495. The lowest BCUT2D eigenvalue weighted by molar-refractivity contribution is -0.0535. The first-order chi connectivity index (χ1) is 8.58. The first kappa shape index (κ1) is 14.7. The second-order valence-electron chi connectivity index (χ2n) is 5.67. The summed E-state index contributed by atoms with van der Waals surface area (Å²) in [6, 6.07) is 0. The Labute approximate surface area is 110 Å². The van der Waals surface area contributed by atoms with Gasteiger partial charge in [-0.2, -0.15) is 21.6 Å². The number of hydrogen-bond donors (Lipinski definition) is 0. The number of halogens is 3. The molecule has 3 nitrogen and oxygen atoms in total. The fourth-order valence-corrected chi connectivity index (χ4v) is 3.77. The van der Waals surface area contributed by atoms with Crippen LogP contribution in [0.1, 0.15) is 39.5 Å². The van der Waals surface area contributed by atoms with Crippen molar-refractivity contribution < 1.29 is 25.8 Å². The maximum Gasteiger partial charge on any atom is 0.534 e. The van der Waals surface area contributed by atoms with Crippen molar-refractivity contribution in [2.75, 3.05) is 0 Å². The van der Waals surface area contributed by atoms with Crippen LogP contribution in [0.4, 0.5) is 13.2 Å². The van der Waals surface area contributed by atoms with Crippen LogP contribution in [0.5, 0.6) is 0 Å². The molecule has 110 valence electrons. The topological polar surface area (TPSA) is 43.4 Å². The monoisotopic (exact) mass is 298 g/mol. The lowest BCUT2D eigenvalue weighted by atomic mass is 9.68. The van der Waals surface area contributed by atoms with E-state index in [4.69, 9.17) is 0 Å². The van der Waals surface area contributed by atoms with Gasteiger partial charge in [-0.25, -0.2) is 0 Å². The molecule has 2 rings (SSSR count). The van der Waals surface area contributed by atoms with Gasteiger partial charge < -0.3 is 4.18 Å². The van der Waals surface area contributed by atoms with Crippen molar-refractivity contribution in [2.45, 2.75) is 45.0 Å². The van der Waals surface area contributed by atoms with Crippen LogP contribution in [0.3, 0.4) is 0 Å². The molecule has 2 aliphatic rings. The summed E-state index contributed by atoms with van der Waals surface area (Å²) in [5.41, 5.74) is -5.53. The van der Waals surface area contributed by atoms with E-state index in [0.29, 0.717) is 18.8 Å². The minimum Gasteiger partial charge on any atom is -0.381 e. The van der Waals surface area contributed by atoms with Gasteiger partial charge in [0, 0.05) is 5.92 Å². The highest BCUT2D eigenvalue weighted by Gasteiger charge is 2.53. The van der Waals surface area contributed by atoms with E-state index in [1.54, 1.807) is 0 Å². The molecule has 0 aromatic rings. The van der Waals surface area contributed by atoms with Gasteiger partial charge in [-0.3, -0.25) is 0 Å². The Hall–Kier alpha value is -0.720. The maximum atomic E-state index is 12.4. The van der Waals surface area contributed by atoms with Crippen molar-refractivity contribution in [3.05, 3.63) is 11.8 Å². The van der Waals surface area contributed by atoms with E-state index in [1.807, 2.05) is 6.92 Å². The Morgan fingerprint density at radius 3 is 2.58 bits per heavy atom. The molecule has 7 heteroatoms. The van der Waals surface area contributed by atoms with Crippen LogP contribution in [-0.4, -0.2) is 13.9 Å². The molecular weight excluding hydrogens is 281 g/mol. The molecule has 1 fully saturated rings. The number of fused-ring (bicyclic) bond motifs is 1. The van der Waals surface area contributed by atoms with Gasteiger partial charge in [0.15, 0.2) is 0 Å². The van der Waals surface area contributed by atoms with Gasteiger partial charge in [0.2, 0.25) is 0 Å². The van der Waals surface area contributed by atoms with Crippen LogP contribution in [0.25, 0.3) is 0 Å². The smallest absolute Gasteiger partial charge is 0.381 e. The first-order valence-electron chi connectivity index (χ1n) is 6.29. The Kier molecular flexibility index (Phi) is 3.40. The minimum atomic E-state index is -5.55. The molecule has 1 saturated carbocycles. The summed E-state index contributed by atoms with van der Waals surface area (Å²) in [6.07, 6.45) is 4.47. The first-order valence-corrected chi connectivity index (χ1v) is 7.69. The lowest BCUT2D eigenvalue weighted by Crippen LogP contribution is -2.34. The summed E-state index contributed by atoms with van der Waals surface area (Å²) < 4.78 is 63.7. The van der Waals surface area contributed by atoms with E-state index in [2.05, 4.69) is 11.1 Å². The van der Waals surface area contributed by atoms with Gasteiger partial charge in [0.05, 0.1) is 0 Å². The summed E-state index contributed by atoms with van der Waals surface area (Å²) >= 11 is 0. The molecule has 0 aliphatic heterocycles. The van der Waals surface area contributed by atoms with Crippen LogP contribution in [0.2, 0.25) is 0 Å². The summed E-state index contributed by atoms with van der Waals surface area (Å²) in [5.74, 6) is 0.113. The van der Waals surface area contributed by atoms with Crippen molar-refractivity contribution in [3.8, 4) is 0 Å². The molecule has 0 heterocycles. The molecule has 0 amide bonds. The van der Waals surface area contributed by atoms with Crippen molar-refractivity contribution >= 4 is 10.1 Å². The highest BCUT2D eigenvalue weighted by Crippen LogP contribution is 2.56. The Morgan fingerprint density at radius 1 is 1.37 bits per heavy atom. The number of hydrogen-bond acceptors (Lipinski definition) is 3. The van der Waals surface area contributed by atoms with Gasteiger partial charge in [-0.1, -0.05) is 13.8 Å². The molecule has 3 atom stereocenters. The molecular formula is C12H17F3O3S. The van der Waals surface area contributed by atoms with Gasteiger partial charge in [-0.15, -0.1) is 0 Å². The quantitative estimate of drug-likeness (QED) is 0.578. The molecule has 0 saturated heterocycles.